The van der Waals surface area contributed by atoms with Gasteiger partial charge < -0.3 is 0 Å². The van der Waals surface area contributed by atoms with Gasteiger partial charge in [-0.2, -0.15) is 0 Å². The van der Waals surface area contributed by atoms with E-state index in [-0.39, 0.29) is 0 Å². The van der Waals surface area contributed by atoms with Crippen molar-refractivity contribution in [1.29, 1.82) is 0 Å². The molecule has 0 aromatic carbocycles. The maximum absolute atomic E-state index is 4.51. The van der Waals surface area contributed by atoms with Crippen LogP contribution >= 0.6 is 0 Å². The van der Waals surface area contributed by atoms with Crippen LogP contribution in [0.5, 0.6) is 0 Å². The second-order valence-corrected chi connectivity index (χ2v) is 8.97. The molecule has 0 N–H and O–H groups in total. The van der Waals surface area contributed by atoms with E-state index in [1.807, 2.05) is 0 Å². The lowest BCUT2D eigenvalue weighted by molar-refractivity contribution is 0.0387. The highest BCUT2D eigenvalue weighted by molar-refractivity contribution is 4.99. The van der Waals surface area contributed by atoms with Crippen molar-refractivity contribution in [1.82, 2.24) is 30.0 Å². The Morgan fingerprint density at radius 2 is 1.42 bits per heavy atom. The third-order valence-corrected chi connectivity index (χ3v) is 6.92. The molecular formula is C20H36N6. The lowest BCUT2D eigenvalue weighted by Gasteiger charge is -2.44. The third-order valence-electron chi connectivity index (χ3n) is 6.92. The van der Waals surface area contributed by atoms with Gasteiger partial charge in [0.2, 0.25) is 0 Å². The molecule has 1 saturated heterocycles. The van der Waals surface area contributed by atoms with Crippen LogP contribution in [0.3, 0.4) is 0 Å². The van der Waals surface area contributed by atoms with Crippen LogP contribution in [0.1, 0.15) is 89.5 Å². The molecule has 2 heterocycles. The van der Waals surface area contributed by atoms with Crippen molar-refractivity contribution in [2.24, 2.45) is 5.92 Å². The standard InChI is InChI=1S/C20H36N6/c1-16(2)19(20-21-22-23-26(20)18-10-6-7-11-18)25-14-12-24(13-15-25)17-8-4-3-5-9-17/h16-19H,3-15H2,1-2H3. The molecule has 4 rings (SSSR count). The van der Waals surface area contributed by atoms with Crippen LogP contribution in [0.25, 0.3) is 0 Å². The number of piperazine rings is 1. The van der Waals surface area contributed by atoms with Crippen LogP contribution in [0.15, 0.2) is 0 Å². The minimum absolute atomic E-state index is 0.346. The summed E-state index contributed by atoms with van der Waals surface area (Å²) in [5, 5.41) is 13.0. The minimum atomic E-state index is 0.346. The lowest BCUT2D eigenvalue weighted by atomic mass is 9.93. The molecule has 3 aliphatic rings. The lowest BCUT2D eigenvalue weighted by Crippen LogP contribution is -2.52. The van der Waals surface area contributed by atoms with Crippen molar-refractivity contribution >= 4 is 0 Å². The Balaban J connectivity index is 1.44. The molecule has 3 fully saturated rings. The van der Waals surface area contributed by atoms with Crippen molar-refractivity contribution in [3.8, 4) is 0 Å². The minimum Gasteiger partial charge on any atom is -0.298 e. The van der Waals surface area contributed by atoms with Crippen LogP contribution in [0, 0.1) is 5.92 Å². The van der Waals surface area contributed by atoms with Crippen molar-refractivity contribution < 1.29 is 0 Å². The topological polar surface area (TPSA) is 50.1 Å². The summed E-state index contributed by atoms with van der Waals surface area (Å²) in [5.74, 6) is 1.64. The van der Waals surface area contributed by atoms with Crippen molar-refractivity contribution in [3.05, 3.63) is 5.82 Å². The van der Waals surface area contributed by atoms with E-state index in [1.54, 1.807) is 0 Å². The third kappa shape index (κ3) is 3.81. The second-order valence-electron chi connectivity index (χ2n) is 8.97. The summed E-state index contributed by atoms with van der Waals surface area (Å²) in [7, 11) is 0. The number of rotatable bonds is 5. The Bertz CT molecular complexity index is 550. The van der Waals surface area contributed by atoms with Crippen LogP contribution in [0.4, 0.5) is 0 Å². The average molecular weight is 361 g/mol. The molecule has 1 atom stereocenters. The van der Waals surface area contributed by atoms with Gasteiger partial charge in [-0.1, -0.05) is 46.0 Å². The first-order valence-corrected chi connectivity index (χ1v) is 11.0. The van der Waals surface area contributed by atoms with E-state index in [4.69, 9.17) is 0 Å². The zero-order chi connectivity index (χ0) is 17.9. The molecule has 6 nitrogen and oxygen atoms in total. The fourth-order valence-corrected chi connectivity index (χ4v) is 5.51. The van der Waals surface area contributed by atoms with Gasteiger partial charge in [0.05, 0.1) is 12.1 Å². The predicted octanol–water partition coefficient (Wildman–Crippen LogP) is 3.44. The maximum atomic E-state index is 4.51. The van der Waals surface area contributed by atoms with E-state index in [0.717, 1.165) is 25.0 Å². The molecule has 0 bridgehead atoms. The molecule has 6 heteroatoms. The van der Waals surface area contributed by atoms with Gasteiger partial charge in [0.25, 0.3) is 0 Å². The first-order valence-electron chi connectivity index (χ1n) is 11.0. The molecule has 1 unspecified atom stereocenters. The number of aromatic nitrogens is 4. The molecule has 1 aliphatic heterocycles. The normalized spacial score (nSPS) is 26.0. The molecule has 2 aliphatic carbocycles. The van der Waals surface area contributed by atoms with Gasteiger partial charge in [0, 0.05) is 32.2 Å². The summed E-state index contributed by atoms with van der Waals surface area (Å²) in [5.41, 5.74) is 0. The Kier molecular flexibility index (Phi) is 5.89. The Labute approximate surface area is 158 Å². The van der Waals surface area contributed by atoms with Crippen LogP contribution in [-0.4, -0.2) is 62.2 Å². The van der Waals surface area contributed by atoms with E-state index >= 15 is 0 Å². The summed E-state index contributed by atoms with van der Waals surface area (Å²) in [6, 6.07) is 1.70. The van der Waals surface area contributed by atoms with Crippen molar-refractivity contribution in [2.75, 3.05) is 26.2 Å². The SMILES string of the molecule is CC(C)C(c1nnnn1C1CCCC1)N1CCN(C2CCCCC2)CC1. The fraction of sp³-hybridized carbons (Fsp3) is 0.950. The molecule has 26 heavy (non-hydrogen) atoms. The van der Waals surface area contributed by atoms with Crippen LogP contribution < -0.4 is 0 Å². The van der Waals surface area contributed by atoms with E-state index in [9.17, 15) is 0 Å². The Hall–Kier alpha value is -1.01. The molecule has 1 aromatic heterocycles. The second kappa shape index (κ2) is 8.34. The quantitative estimate of drug-likeness (QED) is 0.805. The van der Waals surface area contributed by atoms with Gasteiger partial charge in [0.1, 0.15) is 0 Å². The summed E-state index contributed by atoms with van der Waals surface area (Å²) < 4.78 is 2.17. The Morgan fingerprint density at radius 3 is 2.08 bits per heavy atom. The zero-order valence-corrected chi connectivity index (χ0v) is 16.7. The smallest absolute Gasteiger partial charge is 0.168 e. The number of nitrogens with zero attached hydrogens (tertiary/aromatic N) is 6. The first-order chi connectivity index (χ1) is 12.7. The highest BCUT2D eigenvalue weighted by Crippen LogP contribution is 2.34. The van der Waals surface area contributed by atoms with Gasteiger partial charge in [-0.3, -0.25) is 9.80 Å². The van der Waals surface area contributed by atoms with E-state index in [0.29, 0.717) is 18.0 Å². The summed E-state index contributed by atoms with van der Waals surface area (Å²) in [4.78, 5) is 5.41. The van der Waals surface area contributed by atoms with Gasteiger partial charge >= 0.3 is 0 Å². The highest BCUT2D eigenvalue weighted by atomic mass is 15.6. The maximum Gasteiger partial charge on any atom is 0.168 e. The number of hydrogen-bond donors (Lipinski definition) is 0. The molecule has 2 saturated carbocycles. The summed E-state index contributed by atoms with van der Waals surface area (Å²) in [6.45, 7) is 9.36. The monoisotopic (exact) mass is 360 g/mol. The molecule has 0 spiro atoms. The highest BCUT2D eigenvalue weighted by Gasteiger charge is 2.34. The van der Waals surface area contributed by atoms with E-state index in [2.05, 4.69) is 43.9 Å². The molecule has 0 radical (unpaired) electrons. The van der Waals surface area contributed by atoms with Crippen molar-refractivity contribution in [3.63, 3.8) is 0 Å². The predicted molar refractivity (Wildman–Crippen MR) is 103 cm³/mol. The summed E-state index contributed by atoms with van der Waals surface area (Å²) in [6.07, 6.45) is 12.2. The van der Waals surface area contributed by atoms with Gasteiger partial charge in [-0.05, 0) is 42.0 Å². The van der Waals surface area contributed by atoms with Gasteiger partial charge in [-0.15, -0.1) is 5.10 Å². The molecular weight excluding hydrogens is 324 g/mol. The fourth-order valence-electron chi connectivity index (χ4n) is 5.51. The van der Waals surface area contributed by atoms with Crippen molar-refractivity contribution in [2.45, 2.75) is 89.8 Å². The van der Waals surface area contributed by atoms with E-state index < -0.39 is 0 Å². The van der Waals surface area contributed by atoms with E-state index in [1.165, 1.54) is 70.9 Å². The van der Waals surface area contributed by atoms with Crippen LogP contribution in [-0.2, 0) is 0 Å². The number of hydrogen-bond acceptors (Lipinski definition) is 5. The number of tetrazole rings is 1. The van der Waals surface area contributed by atoms with Crippen LogP contribution in [0.2, 0.25) is 0 Å². The summed E-state index contributed by atoms with van der Waals surface area (Å²) >= 11 is 0. The Morgan fingerprint density at radius 1 is 0.808 bits per heavy atom. The largest absolute Gasteiger partial charge is 0.298 e. The molecule has 1 aromatic rings. The zero-order valence-electron chi connectivity index (χ0n) is 16.7. The first kappa shape index (κ1) is 18.4. The van der Waals surface area contributed by atoms with Gasteiger partial charge in [-0.25, -0.2) is 4.68 Å². The average Bonchev–Trinajstić information content (AvgIpc) is 3.34. The van der Waals surface area contributed by atoms with Gasteiger partial charge in [0.15, 0.2) is 5.82 Å². The molecule has 146 valence electrons. The molecule has 0 amide bonds.